The van der Waals surface area contributed by atoms with Crippen LogP contribution in [0.15, 0.2) is 24.3 Å². The Labute approximate surface area is 148 Å². The van der Waals surface area contributed by atoms with Crippen LogP contribution in [-0.2, 0) is 4.79 Å². The normalized spacial score (nSPS) is 23.4. The molecule has 2 aliphatic heterocycles. The maximum atomic E-state index is 13.3. The third-order valence-electron chi connectivity index (χ3n) is 5.05. The Hall–Kier alpha value is -2.11. The molecule has 2 saturated heterocycles. The first kappa shape index (κ1) is 17.7. The summed E-state index contributed by atoms with van der Waals surface area (Å²) in [4.78, 5) is 29.0. The second-order valence-corrected chi connectivity index (χ2v) is 7.31. The third-order valence-corrected chi connectivity index (χ3v) is 5.05. The average Bonchev–Trinajstić information content (AvgIpc) is 3.24. The van der Waals surface area contributed by atoms with Gasteiger partial charge in [-0.25, -0.2) is 9.18 Å². The molecule has 0 radical (unpaired) electrons. The van der Waals surface area contributed by atoms with Gasteiger partial charge in [0, 0.05) is 38.1 Å². The number of nitrogens with one attached hydrogen (secondary N) is 1. The van der Waals surface area contributed by atoms with E-state index < -0.39 is 0 Å². The molecule has 1 aromatic carbocycles. The lowest BCUT2D eigenvalue weighted by molar-refractivity contribution is -0.134. The predicted octanol–water partition coefficient (Wildman–Crippen LogP) is 2.58. The molecule has 2 aliphatic rings. The van der Waals surface area contributed by atoms with Gasteiger partial charge < -0.3 is 15.1 Å². The Morgan fingerprint density at radius 3 is 2.32 bits per heavy atom. The van der Waals surface area contributed by atoms with Crippen LogP contribution in [0.1, 0.15) is 38.2 Å². The Morgan fingerprint density at radius 1 is 1.08 bits per heavy atom. The summed E-state index contributed by atoms with van der Waals surface area (Å²) in [6.07, 6.45) is 2.08. The first-order valence-corrected chi connectivity index (χ1v) is 9.05. The van der Waals surface area contributed by atoms with Crippen molar-refractivity contribution < 1.29 is 14.0 Å². The minimum atomic E-state index is -0.293. The van der Waals surface area contributed by atoms with E-state index in [-0.39, 0.29) is 35.6 Å². The number of urea groups is 1. The molecule has 6 heteroatoms. The van der Waals surface area contributed by atoms with Crippen molar-refractivity contribution in [3.63, 3.8) is 0 Å². The smallest absolute Gasteiger partial charge is 0.317 e. The van der Waals surface area contributed by atoms with E-state index in [1.165, 1.54) is 12.1 Å². The van der Waals surface area contributed by atoms with Gasteiger partial charge in [-0.1, -0.05) is 12.1 Å². The van der Waals surface area contributed by atoms with Crippen LogP contribution in [0, 0.1) is 11.7 Å². The first-order chi connectivity index (χ1) is 12.0. The summed E-state index contributed by atoms with van der Waals surface area (Å²) in [5.41, 5.74) is 0.916. The Kier molecular flexibility index (Phi) is 5.25. The van der Waals surface area contributed by atoms with E-state index in [9.17, 15) is 14.0 Å². The second-order valence-electron chi connectivity index (χ2n) is 7.31. The number of halogens is 1. The number of likely N-dealkylation sites (tertiary alicyclic amines) is 2. The zero-order chi connectivity index (χ0) is 18.0. The van der Waals surface area contributed by atoms with Gasteiger partial charge in [-0.2, -0.15) is 0 Å². The Balaban J connectivity index is 1.81. The number of carbonyl (C=O) groups is 2. The van der Waals surface area contributed by atoms with E-state index in [2.05, 4.69) is 5.32 Å². The van der Waals surface area contributed by atoms with Crippen molar-refractivity contribution in [2.24, 2.45) is 5.92 Å². The van der Waals surface area contributed by atoms with Crippen molar-refractivity contribution in [1.82, 2.24) is 15.1 Å². The van der Waals surface area contributed by atoms with Gasteiger partial charge in [-0.15, -0.1) is 0 Å². The highest BCUT2D eigenvalue weighted by atomic mass is 19.1. The largest absolute Gasteiger partial charge is 0.342 e. The molecule has 1 N–H and O–H groups in total. The van der Waals surface area contributed by atoms with Gasteiger partial charge in [0.1, 0.15) is 5.82 Å². The number of rotatable bonds is 3. The lowest BCUT2D eigenvalue weighted by atomic mass is 9.88. The first-order valence-electron chi connectivity index (χ1n) is 9.05. The Morgan fingerprint density at radius 2 is 1.72 bits per heavy atom. The number of amides is 3. The van der Waals surface area contributed by atoms with Crippen LogP contribution < -0.4 is 5.32 Å². The maximum absolute atomic E-state index is 13.3. The molecule has 1 aromatic rings. The molecule has 136 valence electrons. The summed E-state index contributed by atoms with van der Waals surface area (Å²) >= 11 is 0. The molecule has 0 saturated carbocycles. The van der Waals surface area contributed by atoms with E-state index in [1.54, 1.807) is 17.0 Å². The van der Waals surface area contributed by atoms with Gasteiger partial charge in [0.05, 0.1) is 5.92 Å². The molecule has 2 fully saturated rings. The Bertz CT molecular complexity index is 626. The molecule has 2 heterocycles. The number of carbonyl (C=O) groups excluding carboxylic acids is 2. The minimum absolute atomic E-state index is 0.0464. The van der Waals surface area contributed by atoms with Crippen molar-refractivity contribution in [2.75, 3.05) is 26.2 Å². The van der Waals surface area contributed by atoms with Crippen LogP contribution in [0.25, 0.3) is 0 Å². The lowest BCUT2D eigenvalue weighted by Crippen LogP contribution is -2.43. The van der Waals surface area contributed by atoms with E-state index in [0.717, 1.165) is 31.5 Å². The fraction of sp³-hybridized carbons (Fsp3) is 0.579. The molecule has 0 aromatic heterocycles. The van der Waals surface area contributed by atoms with Crippen molar-refractivity contribution in [1.29, 1.82) is 0 Å². The molecule has 0 aliphatic carbocycles. The zero-order valence-corrected chi connectivity index (χ0v) is 14.9. The molecule has 5 nitrogen and oxygen atoms in total. The van der Waals surface area contributed by atoms with Crippen LogP contribution in [-0.4, -0.2) is 54.0 Å². The number of benzene rings is 1. The third kappa shape index (κ3) is 3.94. The summed E-state index contributed by atoms with van der Waals surface area (Å²) in [6, 6.07) is 6.21. The average molecular weight is 347 g/mol. The van der Waals surface area contributed by atoms with Gasteiger partial charge in [-0.3, -0.25) is 4.79 Å². The summed E-state index contributed by atoms with van der Waals surface area (Å²) < 4.78 is 13.3. The van der Waals surface area contributed by atoms with E-state index in [0.29, 0.717) is 13.1 Å². The fourth-order valence-electron chi connectivity index (χ4n) is 3.78. The summed E-state index contributed by atoms with van der Waals surface area (Å²) in [5, 5.41) is 2.90. The van der Waals surface area contributed by atoms with Gasteiger partial charge in [0.25, 0.3) is 0 Å². The van der Waals surface area contributed by atoms with Crippen LogP contribution in [0.3, 0.4) is 0 Å². The molecule has 25 heavy (non-hydrogen) atoms. The van der Waals surface area contributed by atoms with Crippen molar-refractivity contribution in [3.8, 4) is 0 Å². The number of nitrogens with zero attached hydrogens (tertiary/aromatic N) is 2. The molecule has 2 unspecified atom stereocenters. The van der Waals surface area contributed by atoms with Gasteiger partial charge >= 0.3 is 6.03 Å². The topological polar surface area (TPSA) is 52.7 Å². The van der Waals surface area contributed by atoms with Crippen LogP contribution in [0.5, 0.6) is 0 Å². The molecule has 2 atom stereocenters. The summed E-state index contributed by atoms with van der Waals surface area (Å²) in [7, 11) is 0. The maximum Gasteiger partial charge on any atom is 0.317 e. The second kappa shape index (κ2) is 7.42. The fourth-order valence-corrected chi connectivity index (χ4v) is 3.78. The van der Waals surface area contributed by atoms with E-state index in [4.69, 9.17) is 0 Å². The summed E-state index contributed by atoms with van der Waals surface area (Å²) in [6.45, 7) is 6.31. The van der Waals surface area contributed by atoms with Crippen LogP contribution in [0.2, 0.25) is 0 Å². The van der Waals surface area contributed by atoms with Crippen molar-refractivity contribution in [2.45, 2.75) is 38.6 Å². The molecule has 3 amide bonds. The molecule has 0 spiro atoms. The highest BCUT2D eigenvalue weighted by Gasteiger charge is 2.42. The lowest BCUT2D eigenvalue weighted by Gasteiger charge is -2.24. The molecular formula is C19H26FN3O2. The number of hydrogen-bond donors (Lipinski definition) is 1. The van der Waals surface area contributed by atoms with E-state index in [1.807, 2.05) is 18.7 Å². The molecule has 3 rings (SSSR count). The van der Waals surface area contributed by atoms with Crippen molar-refractivity contribution >= 4 is 11.9 Å². The quantitative estimate of drug-likeness (QED) is 0.914. The van der Waals surface area contributed by atoms with Gasteiger partial charge in [0.15, 0.2) is 0 Å². The SMILES string of the molecule is CC(C)NC(=O)N1CC(C(=O)N2CCCC2)C(c2ccc(F)cc2)C1. The predicted molar refractivity (Wildman–Crippen MR) is 93.7 cm³/mol. The monoisotopic (exact) mass is 347 g/mol. The van der Waals surface area contributed by atoms with Crippen LogP contribution in [0.4, 0.5) is 9.18 Å². The van der Waals surface area contributed by atoms with Gasteiger partial charge in [-0.05, 0) is 44.4 Å². The van der Waals surface area contributed by atoms with Crippen molar-refractivity contribution in [3.05, 3.63) is 35.6 Å². The van der Waals surface area contributed by atoms with Crippen LogP contribution >= 0.6 is 0 Å². The zero-order valence-electron chi connectivity index (χ0n) is 14.9. The summed E-state index contributed by atoms with van der Waals surface area (Å²) in [5.74, 6) is -0.529. The highest BCUT2D eigenvalue weighted by molar-refractivity contribution is 5.83. The minimum Gasteiger partial charge on any atom is -0.342 e. The highest BCUT2D eigenvalue weighted by Crippen LogP contribution is 2.35. The molecule has 0 bridgehead atoms. The van der Waals surface area contributed by atoms with E-state index >= 15 is 0 Å². The van der Waals surface area contributed by atoms with Gasteiger partial charge in [0.2, 0.25) is 5.91 Å². The molecular weight excluding hydrogens is 321 g/mol. The number of hydrogen-bond acceptors (Lipinski definition) is 2. The standard InChI is InChI=1S/C19H26FN3O2/c1-13(2)21-19(25)23-11-16(14-5-7-15(20)8-6-14)17(12-23)18(24)22-9-3-4-10-22/h5-8,13,16-17H,3-4,9-12H2,1-2H3,(H,21,25).